The van der Waals surface area contributed by atoms with E-state index in [1.807, 2.05) is 56.3 Å². The molecule has 0 spiro atoms. The number of Topliss-reactive ketones (excluding diaryl/α,β-unsaturated/α-hetero) is 1. The van der Waals surface area contributed by atoms with Gasteiger partial charge < -0.3 is 9.47 Å². The molecule has 4 heteroatoms. The van der Waals surface area contributed by atoms with Gasteiger partial charge >= 0.3 is 0 Å². The Hall–Kier alpha value is -3.37. The molecule has 0 fully saturated rings. The molecule has 0 bridgehead atoms. The van der Waals surface area contributed by atoms with E-state index in [0.717, 1.165) is 53.9 Å². The van der Waals surface area contributed by atoms with E-state index >= 15 is 0 Å². The molecule has 0 atom stereocenters. The molecule has 0 saturated heterocycles. The molecule has 0 unspecified atom stereocenters. The van der Waals surface area contributed by atoms with Crippen LogP contribution < -0.4 is 9.47 Å². The largest absolute Gasteiger partial charge is 0.478 e. The summed E-state index contributed by atoms with van der Waals surface area (Å²) in [5, 5.41) is 0. The average Bonchev–Trinajstić information content (AvgIpc) is 3.13. The van der Waals surface area contributed by atoms with E-state index in [4.69, 9.17) is 9.47 Å². The van der Waals surface area contributed by atoms with Crippen molar-refractivity contribution >= 4 is 11.9 Å². The van der Waals surface area contributed by atoms with Gasteiger partial charge in [0, 0.05) is 13.1 Å². The number of ether oxygens (including phenoxy) is 2. The maximum absolute atomic E-state index is 13.2. The molecule has 2 aliphatic rings. The first-order chi connectivity index (χ1) is 15.6. The fourth-order valence-electron chi connectivity index (χ4n) is 4.46. The number of benzene rings is 3. The summed E-state index contributed by atoms with van der Waals surface area (Å²) >= 11 is 0. The van der Waals surface area contributed by atoms with Gasteiger partial charge in [-0.2, -0.15) is 0 Å². The molecule has 0 aliphatic carbocycles. The fourth-order valence-corrected chi connectivity index (χ4v) is 4.46. The minimum absolute atomic E-state index is 0.0512. The van der Waals surface area contributed by atoms with Crippen LogP contribution in [0.5, 0.6) is 11.5 Å². The summed E-state index contributed by atoms with van der Waals surface area (Å²) in [6, 6.07) is 20.5. The minimum Gasteiger partial charge on any atom is -0.478 e. The van der Waals surface area contributed by atoms with Gasteiger partial charge in [-0.1, -0.05) is 54.6 Å². The van der Waals surface area contributed by atoms with Crippen LogP contribution in [-0.2, 0) is 13.0 Å². The average molecular weight is 426 g/mol. The molecule has 0 aromatic heterocycles. The van der Waals surface area contributed by atoms with Crippen molar-refractivity contribution in [2.45, 2.75) is 33.2 Å². The van der Waals surface area contributed by atoms with Gasteiger partial charge in [-0.3, -0.25) is 9.69 Å². The lowest BCUT2D eigenvalue weighted by molar-refractivity contribution is 0.0928. The van der Waals surface area contributed by atoms with Crippen LogP contribution in [0.3, 0.4) is 0 Å². The molecular weight excluding hydrogens is 398 g/mol. The first-order valence-corrected chi connectivity index (χ1v) is 11.2. The van der Waals surface area contributed by atoms with E-state index < -0.39 is 0 Å². The van der Waals surface area contributed by atoms with Crippen molar-refractivity contribution in [3.05, 3.63) is 99.8 Å². The molecule has 0 radical (unpaired) electrons. The molecule has 2 aliphatic heterocycles. The third-order valence-corrected chi connectivity index (χ3v) is 6.25. The monoisotopic (exact) mass is 425 g/mol. The van der Waals surface area contributed by atoms with Gasteiger partial charge in [-0.25, -0.2) is 0 Å². The molecule has 0 N–H and O–H groups in total. The Kier molecular flexibility index (Phi) is 5.54. The standard InChI is InChI=1S/C28H27NO3/c1-19-9-6-7-13-22(19)16-25-27(30)26-20(2)15-24-23(28(26)32-25)17-29(18-31-24)14-8-12-21-10-4-3-5-11-21/h3-7,9-11,13,15-16H,8,12,14,17-18H2,1-2H3/b25-16-. The van der Waals surface area contributed by atoms with Crippen molar-refractivity contribution < 1.29 is 14.3 Å². The van der Waals surface area contributed by atoms with E-state index in [1.54, 1.807) is 0 Å². The number of fused-ring (bicyclic) bond motifs is 3. The van der Waals surface area contributed by atoms with E-state index in [9.17, 15) is 4.79 Å². The number of allylic oxidation sites excluding steroid dienone is 1. The molecular formula is C28H27NO3. The van der Waals surface area contributed by atoms with Crippen molar-refractivity contribution in [3.8, 4) is 11.5 Å². The third-order valence-electron chi connectivity index (χ3n) is 6.25. The number of hydrogen-bond acceptors (Lipinski definition) is 4. The highest BCUT2D eigenvalue weighted by atomic mass is 16.5. The van der Waals surface area contributed by atoms with Crippen LogP contribution in [0.25, 0.3) is 6.08 Å². The van der Waals surface area contributed by atoms with Crippen molar-refractivity contribution in [1.29, 1.82) is 0 Å². The number of ketones is 1. The predicted octanol–water partition coefficient (Wildman–Crippen LogP) is 5.70. The van der Waals surface area contributed by atoms with Gasteiger partial charge in [0.05, 0.1) is 11.1 Å². The Labute approximate surface area is 189 Å². The van der Waals surface area contributed by atoms with Crippen LogP contribution in [-0.4, -0.2) is 24.0 Å². The molecule has 3 aromatic carbocycles. The number of carbonyl (C=O) groups is 1. The van der Waals surface area contributed by atoms with Gasteiger partial charge in [0.2, 0.25) is 5.78 Å². The van der Waals surface area contributed by atoms with Gasteiger partial charge in [-0.15, -0.1) is 0 Å². The highest BCUT2D eigenvalue weighted by Crippen LogP contribution is 2.44. The normalized spacial score (nSPS) is 16.4. The highest BCUT2D eigenvalue weighted by Gasteiger charge is 2.35. The number of carbonyl (C=O) groups excluding carboxylic acids is 1. The summed E-state index contributed by atoms with van der Waals surface area (Å²) in [4.78, 5) is 15.5. The first kappa shape index (κ1) is 20.5. The molecule has 32 heavy (non-hydrogen) atoms. The Bertz CT molecular complexity index is 1200. The summed E-state index contributed by atoms with van der Waals surface area (Å²) in [6.07, 6.45) is 3.94. The van der Waals surface area contributed by atoms with Crippen molar-refractivity contribution in [2.24, 2.45) is 0 Å². The molecule has 162 valence electrons. The smallest absolute Gasteiger partial charge is 0.232 e. The zero-order chi connectivity index (χ0) is 22.1. The zero-order valence-electron chi connectivity index (χ0n) is 18.6. The van der Waals surface area contributed by atoms with Crippen LogP contribution in [0.4, 0.5) is 0 Å². The summed E-state index contributed by atoms with van der Waals surface area (Å²) < 4.78 is 12.3. The number of hydrogen-bond donors (Lipinski definition) is 0. The second kappa shape index (κ2) is 8.64. The van der Waals surface area contributed by atoms with E-state index in [-0.39, 0.29) is 5.78 Å². The third kappa shape index (κ3) is 3.94. The zero-order valence-corrected chi connectivity index (χ0v) is 18.6. The number of rotatable bonds is 5. The quantitative estimate of drug-likeness (QED) is 0.491. The molecule has 0 saturated carbocycles. The fraction of sp³-hybridized carbons (Fsp3) is 0.250. The first-order valence-electron chi connectivity index (χ1n) is 11.2. The summed E-state index contributed by atoms with van der Waals surface area (Å²) in [7, 11) is 0. The maximum Gasteiger partial charge on any atom is 0.232 e. The van der Waals surface area contributed by atoms with Crippen molar-refractivity contribution in [3.63, 3.8) is 0 Å². The van der Waals surface area contributed by atoms with Gasteiger partial charge in [0.1, 0.15) is 18.2 Å². The van der Waals surface area contributed by atoms with Crippen LogP contribution in [0.15, 0.2) is 66.4 Å². The molecule has 2 heterocycles. The lowest BCUT2D eigenvalue weighted by Gasteiger charge is -2.30. The molecule has 4 nitrogen and oxygen atoms in total. The summed E-state index contributed by atoms with van der Waals surface area (Å²) in [5.74, 6) is 1.82. The van der Waals surface area contributed by atoms with Crippen LogP contribution in [0.1, 0.15) is 44.6 Å². The van der Waals surface area contributed by atoms with E-state index in [1.165, 1.54) is 5.56 Å². The van der Waals surface area contributed by atoms with E-state index in [2.05, 4.69) is 29.2 Å². The number of aryl methyl sites for hydroxylation is 3. The van der Waals surface area contributed by atoms with Gasteiger partial charge in [-0.05, 0) is 61.1 Å². The van der Waals surface area contributed by atoms with Crippen LogP contribution in [0, 0.1) is 13.8 Å². The molecule has 5 rings (SSSR count). The SMILES string of the molecule is Cc1ccccc1/C=C1\Oc2c3c(cc(C)c2C1=O)OCN(CCCc1ccccc1)C3. The molecule has 0 amide bonds. The predicted molar refractivity (Wildman–Crippen MR) is 126 cm³/mol. The second-order valence-corrected chi connectivity index (χ2v) is 8.59. The highest BCUT2D eigenvalue weighted by molar-refractivity contribution is 6.16. The summed E-state index contributed by atoms with van der Waals surface area (Å²) in [6.45, 7) is 6.19. The number of nitrogens with zero attached hydrogens (tertiary/aromatic N) is 1. The lowest BCUT2D eigenvalue weighted by Crippen LogP contribution is -2.33. The Balaban J connectivity index is 1.36. The van der Waals surface area contributed by atoms with Gasteiger partial charge in [0.15, 0.2) is 5.76 Å². The van der Waals surface area contributed by atoms with Crippen LogP contribution >= 0.6 is 0 Å². The van der Waals surface area contributed by atoms with E-state index in [0.29, 0.717) is 23.8 Å². The van der Waals surface area contributed by atoms with Gasteiger partial charge in [0.25, 0.3) is 0 Å². The lowest BCUT2D eigenvalue weighted by atomic mass is 9.98. The second-order valence-electron chi connectivity index (χ2n) is 8.59. The van der Waals surface area contributed by atoms with Crippen LogP contribution in [0.2, 0.25) is 0 Å². The van der Waals surface area contributed by atoms with Crippen molar-refractivity contribution in [2.75, 3.05) is 13.3 Å². The maximum atomic E-state index is 13.2. The topological polar surface area (TPSA) is 38.8 Å². The summed E-state index contributed by atoms with van der Waals surface area (Å²) in [5.41, 5.74) is 5.99. The Morgan fingerprint density at radius 3 is 2.59 bits per heavy atom. The Morgan fingerprint density at radius 2 is 1.78 bits per heavy atom. The Morgan fingerprint density at radius 1 is 1.00 bits per heavy atom. The minimum atomic E-state index is -0.0512. The van der Waals surface area contributed by atoms with Crippen molar-refractivity contribution in [1.82, 2.24) is 4.90 Å². The molecule has 3 aromatic rings.